The molecule has 2 aromatic heterocycles. The van der Waals surface area contributed by atoms with Crippen molar-refractivity contribution in [2.24, 2.45) is 0 Å². The standard InChI is InChI=1S/C19H19F3N6O4/c1-11-4-5-15(12(2)6-11)32-10-26-8-14(7-23-26)24-16(29)9-27-13(3)17(28(30)31)18(25-27)19(20,21)22/h4-8H,9-10H2,1-3H3,(H,24,29). The predicted octanol–water partition coefficient (Wildman–Crippen LogP) is 3.61. The normalized spacial score (nSPS) is 11.4. The summed E-state index contributed by atoms with van der Waals surface area (Å²) in [5.74, 6) is -0.0537. The van der Waals surface area contributed by atoms with Gasteiger partial charge in [0.1, 0.15) is 18.0 Å². The van der Waals surface area contributed by atoms with Crippen molar-refractivity contribution in [3.63, 3.8) is 0 Å². The van der Waals surface area contributed by atoms with Crippen LogP contribution in [0.15, 0.2) is 30.6 Å². The quantitative estimate of drug-likeness (QED) is 0.432. The Morgan fingerprint density at radius 1 is 1.28 bits per heavy atom. The third kappa shape index (κ3) is 5.04. The van der Waals surface area contributed by atoms with Gasteiger partial charge in [0.2, 0.25) is 11.6 Å². The summed E-state index contributed by atoms with van der Waals surface area (Å²) < 4.78 is 46.8. The molecule has 0 saturated carbocycles. The first-order chi connectivity index (χ1) is 15.0. The average Bonchev–Trinajstić information content (AvgIpc) is 3.25. The van der Waals surface area contributed by atoms with Crippen LogP contribution in [-0.4, -0.2) is 30.4 Å². The molecule has 0 fully saturated rings. The van der Waals surface area contributed by atoms with Crippen molar-refractivity contribution in [1.82, 2.24) is 19.6 Å². The van der Waals surface area contributed by atoms with Gasteiger partial charge in [0.25, 0.3) is 0 Å². The summed E-state index contributed by atoms with van der Waals surface area (Å²) in [6, 6.07) is 5.70. The van der Waals surface area contributed by atoms with E-state index in [1.807, 2.05) is 32.0 Å². The van der Waals surface area contributed by atoms with Gasteiger partial charge in [0.05, 0.1) is 23.0 Å². The molecule has 3 aromatic rings. The Balaban J connectivity index is 1.65. The van der Waals surface area contributed by atoms with E-state index in [0.29, 0.717) is 10.4 Å². The fourth-order valence-corrected chi connectivity index (χ4v) is 3.03. The number of nitro groups is 1. The number of carbonyl (C=O) groups is 1. The molecule has 10 nitrogen and oxygen atoms in total. The summed E-state index contributed by atoms with van der Waals surface area (Å²) in [4.78, 5) is 22.1. The van der Waals surface area contributed by atoms with Crippen LogP contribution in [-0.2, 0) is 24.2 Å². The lowest BCUT2D eigenvalue weighted by Crippen LogP contribution is -2.20. The van der Waals surface area contributed by atoms with Gasteiger partial charge in [-0.2, -0.15) is 23.4 Å². The number of benzene rings is 1. The van der Waals surface area contributed by atoms with E-state index in [1.54, 1.807) is 0 Å². The minimum Gasteiger partial charge on any atom is -0.471 e. The number of amides is 1. The average molecular weight is 452 g/mol. The molecule has 170 valence electrons. The maximum atomic E-state index is 13.0. The lowest BCUT2D eigenvalue weighted by Gasteiger charge is -2.09. The summed E-state index contributed by atoms with van der Waals surface area (Å²) in [5.41, 5.74) is -0.887. The van der Waals surface area contributed by atoms with Crippen LogP contribution in [0, 0.1) is 30.9 Å². The molecule has 13 heteroatoms. The van der Waals surface area contributed by atoms with Gasteiger partial charge in [-0.3, -0.25) is 19.6 Å². The number of carbonyl (C=O) groups excluding carboxylic acids is 1. The summed E-state index contributed by atoms with van der Waals surface area (Å²) in [5, 5.41) is 20.7. The molecule has 1 amide bonds. The molecular weight excluding hydrogens is 433 g/mol. The number of hydrogen-bond acceptors (Lipinski definition) is 6. The zero-order chi connectivity index (χ0) is 23.6. The molecule has 3 rings (SSSR count). The first-order valence-corrected chi connectivity index (χ1v) is 9.27. The highest BCUT2D eigenvalue weighted by Crippen LogP contribution is 2.36. The van der Waals surface area contributed by atoms with Crippen LogP contribution in [0.3, 0.4) is 0 Å². The number of ether oxygens (including phenoxy) is 1. The number of aryl methyl sites for hydroxylation is 2. The first kappa shape index (κ1) is 22.8. The third-order valence-corrected chi connectivity index (χ3v) is 4.52. The van der Waals surface area contributed by atoms with E-state index < -0.39 is 34.9 Å². The van der Waals surface area contributed by atoms with Crippen LogP contribution < -0.4 is 10.1 Å². The number of nitrogens with zero attached hydrogens (tertiary/aromatic N) is 5. The fourth-order valence-electron chi connectivity index (χ4n) is 3.03. The number of rotatable bonds is 7. The third-order valence-electron chi connectivity index (χ3n) is 4.52. The van der Waals surface area contributed by atoms with E-state index in [-0.39, 0.29) is 18.1 Å². The van der Waals surface area contributed by atoms with Crippen molar-refractivity contribution in [1.29, 1.82) is 0 Å². The van der Waals surface area contributed by atoms with Gasteiger partial charge in [-0.05, 0) is 32.4 Å². The Kier molecular flexibility index (Phi) is 6.18. The Hall–Kier alpha value is -3.90. The molecular formula is C19H19F3N6O4. The van der Waals surface area contributed by atoms with Crippen molar-refractivity contribution < 1.29 is 27.6 Å². The minimum atomic E-state index is -5.02. The molecule has 1 aromatic carbocycles. The van der Waals surface area contributed by atoms with Crippen molar-refractivity contribution >= 4 is 17.3 Å². The zero-order valence-electron chi connectivity index (χ0n) is 17.3. The number of hydrogen-bond donors (Lipinski definition) is 1. The zero-order valence-corrected chi connectivity index (χ0v) is 17.3. The van der Waals surface area contributed by atoms with Crippen LogP contribution >= 0.6 is 0 Å². The Morgan fingerprint density at radius 2 is 2.00 bits per heavy atom. The van der Waals surface area contributed by atoms with Gasteiger partial charge >= 0.3 is 11.9 Å². The van der Waals surface area contributed by atoms with E-state index in [0.717, 1.165) is 18.1 Å². The predicted molar refractivity (Wildman–Crippen MR) is 106 cm³/mol. The summed E-state index contributed by atoms with van der Waals surface area (Å²) >= 11 is 0. The smallest absolute Gasteiger partial charge is 0.442 e. The van der Waals surface area contributed by atoms with E-state index in [2.05, 4.69) is 15.5 Å². The number of anilines is 1. The lowest BCUT2D eigenvalue weighted by molar-refractivity contribution is -0.388. The van der Waals surface area contributed by atoms with E-state index in [4.69, 9.17) is 4.74 Å². The second kappa shape index (κ2) is 8.69. The van der Waals surface area contributed by atoms with Gasteiger partial charge in [0.15, 0.2) is 6.73 Å². The van der Waals surface area contributed by atoms with Gasteiger partial charge in [0, 0.05) is 0 Å². The summed E-state index contributed by atoms with van der Waals surface area (Å²) in [6.45, 7) is 4.39. The second-order valence-electron chi connectivity index (χ2n) is 7.05. The summed E-state index contributed by atoms with van der Waals surface area (Å²) in [7, 11) is 0. The maximum absolute atomic E-state index is 13.0. The van der Waals surface area contributed by atoms with Crippen LogP contribution in [0.5, 0.6) is 5.75 Å². The molecule has 0 radical (unpaired) electrons. The van der Waals surface area contributed by atoms with E-state index in [9.17, 15) is 28.1 Å². The molecule has 32 heavy (non-hydrogen) atoms. The fraction of sp³-hybridized carbons (Fsp3) is 0.316. The molecule has 1 N–H and O–H groups in total. The van der Waals surface area contributed by atoms with Gasteiger partial charge in [-0.15, -0.1) is 0 Å². The van der Waals surface area contributed by atoms with E-state index >= 15 is 0 Å². The van der Waals surface area contributed by atoms with Crippen LogP contribution in [0.1, 0.15) is 22.5 Å². The molecule has 0 aliphatic heterocycles. The maximum Gasteiger partial charge on any atom is 0.442 e. The number of nitrogens with one attached hydrogen (secondary N) is 1. The minimum absolute atomic E-state index is 0.0686. The highest BCUT2D eigenvalue weighted by molar-refractivity contribution is 5.90. The lowest BCUT2D eigenvalue weighted by atomic mass is 10.1. The van der Waals surface area contributed by atoms with Crippen molar-refractivity contribution in [3.8, 4) is 5.75 Å². The molecule has 0 saturated heterocycles. The number of aromatic nitrogens is 4. The van der Waals surface area contributed by atoms with Gasteiger partial charge < -0.3 is 10.1 Å². The van der Waals surface area contributed by atoms with Crippen molar-refractivity contribution in [2.75, 3.05) is 5.32 Å². The van der Waals surface area contributed by atoms with Gasteiger partial charge in [-0.1, -0.05) is 17.7 Å². The van der Waals surface area contributed by atoms with Crippen LogP contribution in [0.2, 0.25) is 0 Å². The highest BCUT2D eigenvalue weighted by Gasteiger charge is 2.44. The Bertz CT molecular complexity index is 1170. The first-order valence-electron chi connectivity index (χ1n) is 9.27. The largest absolute Gasteiger partial charge is 0.471 e. The molecule has 0 bridgehead atoms. The number of halogens is 3. The molecule has 0 atom stereocenters. The van der Waals surface area contributed by atoms with Crippen LogP contribution in [0.25, 0.3) is 0 Å². The topological polar surface area (TPSA) is 117 Å². The Morgan fingerprint density at radius 3 is 2.59 bits per heavy atom. The molecule has 0 unspecified atom stereocenters. The summed E-state index contributed by atoms with van der Waals surface area (Å²) in [6.07, 6.45) is -2.21. The van der Waals surface area contributed by atoms with Crippen molar-refractivity contribution in [2.45, 2.75) is 40.2 Å². The Labute approximate surface area is 179 Å². The van der Waals surface area contributed by atoms with Crippen LogP contribution in [0.4, 0.5) is 24.5 Å². The SMILES string of the molecule is Cc1ccc(OCn2cc(NC(=O)Cn3nc(C(F)(F)F)c([N+](=O)[O-])c3C)cn2)c(C)c1. The molecule has 2 heterocycles. The van der Waals surface area contributed by atoms with E-state index in [1.165, 1.54) is 17.1 Å². The second-order valence-corrected chi connectivity index (χ2v) is 7.05. The molecule has 0 aliphatic carbocycles. The monoisotopic (exact) mass is 452 g/mol. The van der Waals surface area contributed by atoms with Crippen molar-refractivity contribution in [3.05, 3.63) is 63.2 Å². The number of alkyl halides is 3. The highest BCUT2D eigenvalue weighted by atomic mass is 19.4. The molecule has 0 aliphatic rings. The van der Waals surface area contributed by atoms with Gasteiger partial charge in [-0.25, -0.2) is 4.68 Å². The molecule has 0 spiro atoms.